The summed E-state index contributed by atoms with van der Waals surface area (Å²) in [7, 11) is 0. The van der Waals surface area contributed by atoms with Crippen molar-refractivity contribution in [2.75, 3.05) is 19.6 Å². The van der Waals surface area contributed by atoms with Crippen LogP contribution >= 0.6 is 0 Å². The lowest BCUT2D eigenvalue weighted by Crippen LogP contribution is -2.47. The van der Waals surface area contributed by atoms with E-state index in [1.807, 2.05) is 0 Å². The van der Waals surface area contributed by atoms with Crippen molar-refractivity contribution in [3.05, 3.63) is 0 Å². The number of nitrogens with zero attached hydrogens (tertiary/aromatic N) is 1. The molecule has 110 valence electrons. The van der Waals surface area contributed by atoms with Gasteiger partial charge in [0.25, 0.3) is 0 Å². The zero-order chi connectivity index (χ0) is 13.7. The lowest BCUT2D eigenvalue weighted by molar-refractivity contribution is -0.142. The van der Waals surface area contributed by atoms with Gasteiger partial charge in [0, 0.05) is 12.1 Å². The van der Waals surface area contributed by atoms with Crippen LogP contribution in [0.1, 0.15) is 51.9 Å². The maximum atomic E-state index is 10.9. The first kappa shape index (κ1) is 14.8. The SMILES string of the molecule is CCCN1CCC(NC2CCC(C(=O)O)CC2)CC1. The van der Waals surface area contributed by atoms with Crippen molar-refractivity contribution in [2.24, 2.45) is 5.92 Å². The third-order valence-corrected chi connectivity index (χ3v) is 4.68. The third-order valence-electron chi connectivity index (χ3n) is 4.68. The van der Waals surface area contributed by atoms with Gasteiger partial charge in [-0.05, 0) is 64.6 Å². The van der Waals surface area contributed by atoms with Crippen LogP contribution in [0.2, 0.25) is 0 Å². The Bertz CT molecular complexity index is 280. The molecule has 1 saturated carbocycles. The summed E-state index contributed by atoms with van der Waals surface area (Å²) >= 11 is 0. The minimum Gasteiger partial charge on any atom is -0.481 e. The highest BCUT2D eigenvalue weighted by Crippen LogP contribution is 2.25. The number of nitrogens with one attached hydrogen (secondary N) is 1. The molecule has 0 atom stereocenters. The van der Waals surface area contributed by atoms with E-state index in [4.69, 9.17) is 5.11 Å². The fraction of sp³-hybridized carbons (Fsp3) is 0.933. The van der Waals surface area contributed by atoms with Crippen molar-refractivity contribution >= 4 is 5.97 Å². The first-order valence-electron chi connectivity index (χ1n) is 7.90. The quantitative estimate of drug-likeness (QED) is 0.801. The summed E-state index contributed by atoms with van der Waals surface area (Å²) < 4.78 is 0. The average Bonchev–Trinajstić information content (AvgIpc) is 2.42. The second kappa shape index (κ2) is 7.25. The third kappa shape index (κ3) is 4.46. The highest BCUT2D eigenvalue weighted by molar-refractivity contribution is 5.70. The molecule has 1 heterocycles. The zero-order valence-electron chi connectivity index (χ0n) is 12.1. The molecule has 4 nitrogen and oxygen atoms in total. The number of carboxylic acid groups (broad SMARTS) is 1. The van der Waals surface area contributed by atoms with Gasteiger partial charge in [0.2, 0.25) is 0 Å². The molecule has 0 aromatic heterocycles. The van der Waals surface area contributed by atoms with E-state index in [0.29, 0.717) is 12.1 Å². The van der Waals surface area contributed by atoms with E-state index < -0.39 is 5.97 Å². The molecule has 19 heavy (non-hydrogen) atoms. The Morgan fingerprint density at radius 2 is 1.68 bits per heavy atom. The van der Waals surface area contributed by atoms with Gasteiger partial charge in [-0.2, -0.15) is 0 Å². The predicted octanol–water partition coefficient (Wildman–Crippen LogP) is 2.09. The lowest BCUT2D eigenvalue weighted by atomic mass is 9.85. The van der Waals surface area contributed by atoms with Gasteiger partial charge < -0.3 is 15.3 Å². The summed E-state index contributed by atoms with van der Waals surface area (Å²) in [5, 5.41) is 12.8. The van der Waals surface area contributed by atoms with Crippen LogP contribution in [0.25, 0.3) is 0 Å². The minimum absolute atomic E-state index is 0.0931. The van der Waals surface area contributed by atoms with E-state index in [0.717, 1.165) is 25.7 Å². The Kier molecular flexibility index (Phi) is 5.64. The largest absolute Gasteiger partial charge is 0.481 e. The molecule has 0 spiro atoms. The van der Waals surface area contributed by atoms with Crippen LogP contribution < -0.4 is 5.32 Å². The fourth-order valence-corrected chi connectivity index (χ4v) is 3.48. The van der Waals surface area contributed by atoms with Gasteiger partial charge >= 0.3 is 5.97 Å². The molecular weight excluding hydrogens is 240 g/mol. The highest BCUT2D eigenvalue weighted by Gasteiger charge is 2.28. The van der Waals surface area contributed by atoms with E-state index >= 15 is 0 Å². The zero-order valence-corrected chi connectivity index (χ0v) is 12.1. The van der Waals surface area contributed by atoms with Crippen molar-refractivity contribution in [1.82, 2.24) is 10.2 Å². The Balaban J connectivity index is 1.65. The number of aliphatic carboxylic acids is 1. The van der Waals surface area contributed by atoms with Crippen molar-refractivity contribution < 1.29 is 9.90 Å². The second-order valence-electron chi connectivity index (χ2n) is 6.17. The highest BCUT2D eigenvalue weighted by atomic mass is 16.4. The molecule has 1 aliphatic heterocycles. The van der Waals surface area contributed by atoms with Crippen molar-refractivity contribution in [2.45, 2.75) is 64.0 Å². The molecule has 0 bridgehead atoms. The van der Waals surface area contributed by atoms with Crippen LogP contribution in [0.15, 0.2) is 0 Å². The monoisotopic (exact) mass is 268 g/mol. The smallest absolute Gasteiger partial charge is 0.306 e. The van der Waals surface area contributed by atoms with Crippen LogP contribution in [0.3, 0.4) is 0 Å². The van der Waals surface area contributed by atoms with Gasteiger partial charge in [0.05, 0.1) is 5.92 Å². The van der Waals surface area contributed by atoms with Crippen LogP contribution in [0, 0.1) is 5.92 Å². The molecule has 4 heteroatoms. The molecule has 0 aromatic rings. The Labute approximate surface area is 116 Å². The molecule has 2 N–H and O–H groups in total. The molecular formula is C15H28N2O2. The fourth-order valence-electron chi connectivity index (χ4n) is 3.48. The second-order valence-corrected chi connectivity index (χ2v) is 6.17. The Morgan fingerprint density at radius 1 is 1.11 bits per heavy atom. The molecule has 0 aromatic carbocycles. The van der Waals surface area contributed by atoms with Crippen molar-refractivity contribution in [3.8, 4) is 0 Å². The van der Waals surface area contributed by atoms with Gasteiger partial charge in [0.1, 0.15) is 0 Å². The standard InChI is InChI=1S/C15H28N2O2/c1-2-9-17-10-7-14(8-11-17)16-13-5-3-12(4-6-13)15(18)19/h12-14,16H,2-11H2,1H3,(H,18,19). The average molecular weight is 268 g/mol. The summed E-state index contributed by atoms with van der Waals surface area (Å²) in [6, 6.07) is 1.21. The van der Waals surface area contributed by atoms with Gasteiger partial charge in [-0.25, -0.2) is 0 Å². The number of rotatable bonds is 5. The number of hydrogen-bond donors (Lipinski definition) is 2. The van der Waals surface area contributed by atoms with E-state index in [1.165, 1.54) is 38.9 Å². The number of carboxylic acids is 1. The summed E-state index contributed by atoms with van der Waals surface area (Å²) in [6.45, 7) is 5.91. The van der Waals surface area contributed by atoms with E-state index in [1.54, 1.807) is 0 Å². The van der Waals surface area contributed by atoms with Crippen LogP contribution in [-0.2, 0) is 4.79 Å². The molecule has 1 saturated heterocycles. The van der Waals surface area contributed by atoms with Gasteiger partial charge in [0.15, 0.2) is 0 Å². The maximum absolute atomic E-state index is 10.9. The minimum atomic E-state index is -0.605. The number of piperidine rings is 1. The molecule has 2 fully saturated rings. The van der Waals surface area contributed by atoms with E-state index in [2.05, 4.69) is 17.1 Å². The molecule has 2 rings (SSSR count). The topological polar surface area (TPSA) is 52.6 Å². The Morgan fingerprint density at radius 3 is 2.21 bits per heavy atom. The normalized spacial score (nSPS) is 30.4. The van der Waals surface area contributed by atoms with Crippen LogP contribution in [0.4, 0.5) is 0 Å². The van der Waals surface area contributed by atoms with Crippen molar-refractivity contribution in [3.63, 3.8) is 0 Å². The molecule has 0 amide bonds. The van der Waals surface area contributed by atoms with Gasteiger partial charge in [-0.1, -0.05) is 6.92 Å². The first-order chi connectivity index (χ1) is 9.19. The van der Waals surface area contributed by atoms with Crippen molar-refractivity contribution in [1.29, 1.82) is 0 Å². The molecule has 0 radical (unpaired) electrons. The summed E-state index contributed by atoms with van der Waals surface area (Å²) in [4.78, 5) is 13.5. The summed E-state index contributed by atoms with van der Waals surface area (Å²) in [6.07, 6.45) is 7.51. The molecule has 0 unspecified atom stereocenters. The molecule has 1 aliphatic carbocycles. The molecule has 2 aliphatic rings. The number of likely N-dealkylation sites (tertiary alicyclic amines) is 1. The lowest BCUT2D eigenvalue weighted by Gasteiger charge is -2.36. The van der Waals surface area contributed by atoms with Gasteiger partial charge in [-0.15, -0.1) is 0 Å². The van der Waals surface area contributed by atoms with E-state index in [9.17, 15) is 4.79 Å². The van der Waals surface area contributed by atoms with E-state index in [-0.39, 0.29) is 5.92 Å². The predicted molar refractivity (Wildman–Crippen MR) is 76.3 cm³/mol. The van der Waals surface area contributed by atoms with Gasteiger partial charge in [-0.3, -0.25) is 4.79 Å². The van der Waals surface area contributed by atoms with Crippen LogP contribution in [0.5, 0.6) is 0 Å². The van der Waals surface area contributed by atoms with Crippen LogP contribution in [-0.4, -0.2) is 47.7 Å². The summed E-state index contributed by atoms with van der Waals surface area (Å²) in [5.74, 6) is -0.698. The first-order valence-corrected chi connectivity index (χ1v) is 7.90. The summed E-state index contributed by atoms with van der Waals surface area (Å²) in [5.41, 5.74) is 0. The number of hydrogen-bond acceptors (Lipinski definition) is 3. The number of carbonyl (C=O) groups is 1. The Hall–Kier alpha value is -0.610. The maximum Gasteiger partial charge on any atom is 0.306 e.